The van der Waals surface area contributed by atoms with Gasteiger partial charge < -0.3 is 0 Å². The molecule has 2 aromatic rings. The minimum absolute atomic E-state index is 0.847. The Hall–Kier alpha value is -1.38. The van der Waals surface area contributed by atoms with E-state index < -0.39 is 0 Å². The Morgan fingerprint density at radius 1 is 1.60 bits per heavy atom. The van der Waals surface area contributed by atoms with Crippen LogP contribution in [0.4, 0.5) is 0 Å². The number of aromatic nitrogens is 3. The lowest BCUT2D eigenvalue weighted by Crippen LogP contribution is -1.82. The van der Waals surface area contributed by atoms with Gasteiger partial charge in [-0.3, -0.25) is 4.40 Å². The maximum atomic E-state index is 3.84. The van der Waals surface area contributed by atoms with Crippen LogP contribution >= 0.6 is 0 Å². The van der Waals surface area contributed by atoms with E-state index >= 15 is 0 Å². The van der Waals surface area contributed by atoms with Gasteiger partial charge in [0.25, 0.3) is 0 Å². The first-order valence-electron chi connectivity index (χ1n) is 3.05. The molecule has 3 heteroatoms. The number of hydrogen-bond acceptors (Lipinski definition) is 2. The molecule has 0 saturated heterocycles. The molecular weight excluding hydrogens is 126 g/mol. The van der Waals surface area contributed by atoms with Crippen molar-refractivity contribution in [3.8, 4) is 0 Å². The molecule has 49 valence electrons. The lowest BCUT2D eigenvalue weighted by molar-refractivity contribution is 1.09. The Balaban J connectivity index is 2.86. The van der Waals surface area contributed by atoms with Crippen LogP contribution in [0.5, 0.6) is 0 Å². The summed E-state index contributed by atoms with van der Waals surface area (Å²) in [5.41, 5.74) is 2.04. The zero-order valence-electron chi connectivity index (χ0n) is 5.57. The van der Waals surface area contributed by atoms with Crippen LogP contribution in [0.2, 0.25) is 0 Å². The highest BCUT2D eigenvalue weighted by Crippen LogP contribution is 2.00. The van der Waals surface area contributed by atoms with Gasteiger partial charge in [-0.1, -0.05) is 0 Å². The molecule has 3 nitrogen and oxygen atoms in total. The SMILES string of the molecule is Cc1ccn2[c]nnc2c1. The van der Waals surface area contributed by atoms with Crippen molar-refractivity contribution in [3.05, 3.63) is 30.2 Å². The number of fused-ring (bicyclic) bond motifs is 1. The standard InChI is InChI=1S/C7H6N3/c1-6-2-3-10-5-8-9-7(10)4-6/h2-4H,1H3. The second-order valence-corrected chi connectivity index (χ2v) is 2.23. The molecule has 2 rings (SSSR count). The highest BCUT2D eigenvalue weighted by molar-refractivity contribution is 5.38. The van der Waals surface area contributed by atoms with Crippen LogP contribution in [0.1, 0.15) is 5.56 Å². The largest absolute Gasteiger partial charge is 0.280 e. The molecule has 0 bridgehead atoms. The molecule has 0 fully saturated rings. The molecule has 0 atom stereocenters. The van der Waals surface area contributed by atoms with E-state index in [1.54, 1.807) is 4.40 Å². The fourth-order valence-corrected chi connectivity index (χ4v) is 0.873. The van der Waals surface area contributed by atoms with Crippen molar-refractivity contribution in [2.24, 2.45) is 0 Å². The Morgan fingerprint density at radius 2 is 2.50 bits per heavy atom. The van der Waals surface area contributed by atoms with Crippen molar-refractivity contribution < 1.29 is 0 Å². The second kappa shape index (κ2) is 1.80. The summed E-state index contributed by atoms with van der Waals surface area (Å²) in [5.74, 6) is 0. The monoisotopic (exact) mass is 132 g/mol. The second-order valence-electron chi connectivity index (χ2n) is 2.23. The van der Waals surface area contributed by atoms with Crippen LogP contribution in [0.15, 0.2) is 18.3 Å². The maximum absolute atomic E-state index is 3.84. The molecule has 2 heterocycles. The van der Waals surface area contributed by atoms with Crippen LogP contribution in [-0.4, -0.2) is 14.6 Å². The molecule has 10 heavy (non-hydrogen) atoms. The lowest BCUT2D eigenvalue weighted by atomic mass is 10.3. The lowest BCUT2D eigenvalue weighted by Gasteiger charge is -1.90. The molecule has 0 spiro atoms. The molecule has 0 saturated carbocycles. The van der Waals surface area contributed by atoms with E-state index in [1.165, 1.54) is 5.56 Å². The summed E-state index contributed by atoms with van der Waals surface area (Å²) >= 11 is 0. The summed E-state index contributed by atoms with van der Waals surface area (Å²) in [7, 11) is 0. The summed E-state index contributed by atoms with van der Waals surface area (Å²) in [4.78, 5) is 0. The Kier molecular flexibility index (Phi) is 0.974. The third-order valence-electron chi connectivity index (χ3n) is 1.40. The van der Waals surface area contributed by atoms with Gasteiger partial charge in [0.1, 0.15) is 0 Å². The van der Waals surface area contributed by atoms with E-state index in [0.717, 1.165) is 5.65 Å². The van der Waals surface area contributed by atoms with Crippen molar-refractivity contribution >= 4 is 5.65 Å². The first kappa shape index (κ1) is 5.41. The quantitative estimate of drug-likeness (QED) is 0.531. The fourth-order valence-electron chi connectivity index (χ4n) is 0.873. The van der Waals surface area contributed by atoms with Crippen molar-refractivity contribution in [3.63, 3.8) is 0 Å². The van der Waals surface area contributed by atoms with Crippen LogP contribution in [-0.2, 0) is 0 Å². The van der Waals surface area contributed by atoms with Gasteiger partial charge in [-0.15, -0.1) is 10.2 Å². The Labute approximate surface area is 58.3 Å². The predicted octanol–water partition coefficient (Wildman–Crippen LogP) is 0.838. The Morgan fingerprint density at radius 3 is 3.40 bits per heavy atom. The number of nitrogens with zero attached hydrogens (tertiary/aromatic N) is 3. The normalized spacial score (nSPS) is 10.5. The molecule has 0 unspecified atom stereocenters. The number of hydrogen-bond donors (Lipinski definition) is 0. The van der Waals surface area contributed by atoms with E-state index in [1.807, 2.05) is 25.3 Å². The summed E-state index contributed by atoms with van der Waals surface area (Å²) in [6, 6.07) is 3.95. The average Bonchev–Trinajstić information content (AvgIpc) is 2.33. The van der Waals surface area contributed by atoms with Crippen LogP contribution < -0.4 is 0 Å². The zero-order valence-corrected chi connectivity index (χ0v) is 5.57. The van der Waals surface area contributed by atoms with Crippen LogP contribution in [0, 0.1) is 13.3 Å². The molecule has 0 aliphatic heterocycles. The average molecular weight is 132 g/mol. The zero-order chi connectivity index (χ0) is 6.97. The van der Waals surface area contributed by atoms with Crippen molar-refractivity contribution in [1.82, 2.24) is 14.6 Å². The minimum Gasteiger partial charge on any atom is -0.280 e. The maximum Gasteiger partial charge on any atom is 0.206 e. The third kappa shape index (κ3) is 0.673. The molecule has 0 aliphatic rings. The van der Waals surface area contributed by atoms with Crippen molar-refractivity contribution in [2.45, 2.75) is 6.92 Å². The smallest absolute Gasteiger partial charge is 0.206 e. The number of rotatable bonds is 0. The van der Waals surface area contributed by atoms with Gasteiger partial charge in [0.2, 0.25) is 6.33 Å². The minimum atomic E-state index is 0.847. The first-order chi connectivity index (χ1) is 4.86. The highest BCUT2D eigenvalue weighted by Gasteiger charge is 1.92. The molecular formula is C7H6N3. The molecule has 1 radical (unpaired) electrons. The van der Waals surface area contributed by atoms with Gasteiger partial charge in [-0.25, -0.2) is 0 Å². The summed E-state index contributed by atoms with van der Waals surface area (Å²) in [6.45, 7) is 2.02. The highest BCUT2D eigenvalue weighted by atomic mass is 15.2. The number of pyridine rings is 1. The van der Waals surface area contributed by atoms with Gasteiger partial charge >= 0.3 is 0 Å². The van der Waals surface area contributed by atoms with Crippen molar-refractivity contribution in [2.75, 3.05) is 0 Å². The predicted molar refractivity (Wildman–Crippen MR) is 36.6 cm³/mol. The molecule has 0 aromatic carbocycles. The fraction of sp³-hybridized carbons (Fsp3) is 0.143. The number of aryl methyl sites for hydroxylation is 1. The van der Waals surface area contributed by atoms with Gasteiger partial charge in [-0.05, 0) is 24.6 Å². The third-order valence-corrected chi connectivity index (χ3v) is 1.40. The summed E-state index contributed by atoms with van der Waals surface area (Å²) in [5, 5.41) is 7.47. The molecule has 2 aromatic heterocycles. The topological polar surface area (TPSA) is 30.2 Å². The van der Waals surface area contributed by atoms with Crippen molar-refractivity contribution in [1.29, 1.82) is 0 Å². The van der Waals surface area contributed by atoms with Gasteiger partial charge in [0, 0.05) is 6.20 Å². The van der Waals surface area contributed by atoms with Crippen LogP contribution in [0.25, 0.3) is 5.65 Å². The molecule has 0 aliphatic carbocycles. The first-order valence-corrected chi connectivity index (χ1v) is 3.05. The van der Waals surface area contributed by atoms with E-state index in [0.29, 0.717) is 0 Å². The van der Waals surface area contributed by atoms with E-state index in [2.05, 4.69) is 16.5 Å². The van der Waals surface area contributed by atoms with Gasteiger partial charge in [0.05, 0.1) is 0 Å². The summed E-state index contributed by atoms with van der Waals surface area (Å²) in [6.07, 6.45) is 4.60. The van der Waals surface area contributed by atoms with Gasteiger partial charge in [0.15, 0.2) is 5.65 Å². The Bertz CT molecular complexity index is 350. The van der Waals surface area contributed by atoms with E-state index in [4.69, 9.17) is 0 Å². The van der Waals surface area contributed by atoms with E-state index in [9.17, 15) is 0 Å². The molecule has 0 amide bonds. The van der Waals surface area contributed by atoms with Crippen LogP contribution in [0.3, 0.4) is 0 Å². The van der Waals surface area contributed by atoms with E-state index in [-0.39, 0.29) is 0 Å². The van der Waals surface area contributed by atoms with Gasteiger partial charge in [-0.2, -0.15) is 0 Å². The molecule has 0 N–H and O–H groups in total. The summed E-state index contributed by atoms with van der Waals surface area (Å²) < 4.78 is 1.76.